The van der Waals surface area contributed by atoms with E-state index in [0.717, 1.165) is 18.4 Å². The number of para-hydroxylation sites is 1. The number of rotatable bonds is 6. The molecule has 8 heteroatoms. The fourth-order valence-corrected chi connectivity index (χ4v) is 5.48. The van der Waals surface area contributed by atoms with Crippen LogP contribution in [-0.2, 0) is 23.6 Å². The Hall–Kier alpha value is -2.32. The number of hydrogen-bond acceptors (Lipinski definition) is 4. The van der Waals surface area contributed by atoms with Crippen molar-refractivity contribution in [3.8, 4) is 5.75 Å². The Morgan fingerprint density at radius 2 is 1.80 bits per heavy atom. The number of benzene rings is 1. The molecule has 7 nitrogen and oxygen atoms in total. The Balaban J connectivity index is 1.94. The van der Waals surface area contributed by atoms with Gasteiger partial charge in [0.05, 0.1) is 12.7 Å². The predicted octanol–water partition coefficient (Wildman–Crippen LogP) is 3.00. The van der Waals surface area contributed by atoms with Crippen LogP contribution in [0.25, 0.3) is 0 Å². The molecule has 1 saturated heterocycles. The van der Waals surface area contributed by atoms with Gasteiger partial charge in [-0.2, -0.15) is 0 Å². The van der Waals surface area contributed by atoms with E-state index in [9.17, 15) is 13.2 Å². The molecule has 1 amide bonds. The quantitative estimate of drug-likeness (QED) is 0.759. The molecule has 1 aromatic heterocycles. The van der Waals surface area contributed by atoms with E-state index in [1.54, 1.807) is 43.5 Å². The highest BCUT2D eigenvalue weighted by molar-refractivity contribution is 7.89. The number of hydrogen-bond donors (Lipinski definition) is 1. The number of nitrogens with zero attached hydrogens (tertiary/aromatic N) is 2. The van der Waals surface area contributed by atoms with Crippen LogP contribution in [-0.4, -0.2) is 44.0 Å². The second kappa shape index (κ2) is 8.81. The summed E-state index contributed by atoms with van der Waals surface area (Å²) in [5.74, 6) is 0.985. The van der Waals surface area contributed by atoms with Crippen LogP contribution < -0.4 is 9.46 Å². The maximum atomic E-state index is 13.3. The van der Waals surface area contributed by atoms with E-state index in [0.29, 0.717) is 36.1 Å². The summed E-state index contributed by atoms with van der Waals surface area (Å²) in [4.78, 5) is 15.2. The van der Waals surface area contributed by atoms with Crippen molar-refractivity contribution in [1.82, 2.24) is 14.2 Å². The molecule has 1 fully saturated rings. The molecular formula is C22H31N3O4S. The Kier molecular flexibility index (Phi) is 6.57. The number of aromatic nitrogens is 1. The average molecular weight is 434 g/mol. The zero-order valence-electron chi connectivity index (χ0n) is 18.4. The molecule has 2 aromatic rings. The first-order valence-electron chi connectivity index (χ1n) is 10.2. The fourth-order valence-electron chi connectivity index (χ4n) is 3.96. The summed E-state index contributed by atoms with van der Waals surface area (Å²) in [6, 6.07) is 7.26. The molecule has 1 aromatic carbocycles. The first kappa shape index (κ1) is 22.4. The van der Waals surface area contributed by atoms with Crippen molar-refractivity contribution in [2.45, 2.75) is 45.1 Å². The van der Waals surface area contributed by atoms with Crippen molar-refractivity contribution in [3.05, 3.63) is 46.8 Å². The van der Waals surface area contributed by atoms with Gasteiger partial charge in [0.25, 0.3) is 5.91 Å². The molecule has 1 aliphatic heterocycles. The minimum absolute atomic E-state index is 0.0704. The average Bonchev–Trinajstić information content (AvgIpc) is 2.97. The second-order valence-electron chi connectivity index (χ2n) is 8.05. The molecule has 0 saturated carbocycles. The van der Waals surface area contributed by atoms with Gasteiger partial charge >= 0.3 is 0 Å². The molecule has 0 unspecified atom stereocenters. The van der Waals surface area contributed by atoms with Gasteiger partial charge in [-0.15, -0.1) is 0 Å². The minimum Gasteiger partial charge on any atom is -0.496 e. The lowest BCUT2D eigenvalue weighted by atomic mass is 9.98. The van der Waals surface area contributed by atoms with Gasteiger partial charge in [0.1, 0.15) is 10.6 Å². The van der Waals surface area contributed by atoms with Gasteiger partial charge in [-0.1, -0.05) is 25.1 Å². The van der Waals surface area contributed by atoms with Crippen LogP contribution in [0, 0.1) is 19.8 Å². The third kappa shape index (κ3) is 4.25. The third-order valence-corrected chi connectivity index (χ3v) is 7.68. The molecule has 0 atom stereocenters. The molecule has 164 valence electrons. The summed E-state index contributed by atoms with van der Waals surface area (Å²) in [6.07, 6.45) is 1.87. The van der Waals surface area contributed by atoms with Gasteiger partial charge in [-0.3, -0.25) is 4.79 Å². The standard InChI is InChI=1S/C22H31N3O4S/c1-15-10-12-25(13-11-15)22(26)20-16(2)24(4)17(3)21(20)30(27,28)23-14-18-8-6-7-9-19(18)29-5/h6-9,15,23H,10-14H2,1-5H3. The number of piperidine rings is 1. The largest absolute Gasteiger partial charge is 0.496 e. The van der Waals surface area contributed by atoms with Gasteiger partial charge in [0.15, 0.2) is 0 Å². The lowest BCUT2D eigenvalue weighted by molar-refractivity contribution is 0.0692. The number of likely N-dealkylation sites (tertiary alicyclic amines) is 1. The number of sulfonamides is 1. The van der Waals surface area contributed by atoms with Crippen LogP contribution in [0.5, 0.6) is 5.75 Å². The van der Waals surface area contributed by atoms with Gasteiger partial charge < -0.3 is 14.2 Å². The van der Waals surface area contributed by atoms with Gasteiger partial charge in [0.2, 0.25) is 10.0 Å². The van der Waals surface area contributed by atoms with E-state index < -0.39 is 10.0 Å². The molecule has 0 aliphatic carbocycles. The Morgan fingerprint density at radius 1 is 1.17 bits per heavy atom. The van der Waals surface area contributed by atoms with Gasteiger partial charge in [0, 0.05) is 43.6 Å². The number of ether oxygens (including phenoxy) is 1. The number of methoxy groups -OCH3 is 1. The Bertz CT molecular complexity index is 1030. The summed E-state index contributed by atoms with van der Waals surface area (Å²) in [7, 11) is -0.574. The van der Waals surface area contributed by atoms with Crippen molar-refractivity contribution in [2.24, 2.45) is 13.0 Å². The van der Waals surface area contributed by atoms with Crippen LogP contribution >= 0.6 is 0 Å². The van der Waals surface area contributed by atoms with Gasteiger partial charge in [-0.25, -0.2) is 13.1 Å². The topological polar surface area (TPSA) is 80.6 Å². The molecular weight excluding hydrogens is 402 g/mol. The van der Waals surface area contributed by atoms with Crippen LogP contribution in [0.3, 0.4) is 0 Å². The van der Waals surface area contributed by atoms with Crippen molar-refractivity contribution in [3.63, 3.8) is 0 Å². The molecule has 1 N–H and O–H groups in total. The highest BCUT2D eigenvalue weighted by Crippen LogP contribution is 2.29. The molecule has 1 aliphatic rings. The predicted molar refractivity (Wildman–Crippen MR) is 116 cm³/mol. The molecule has 0 radical (unpaired) electrons. The summed E-state index contributed by atoms with van der Waals surface area (Å²) in [6.45, 7) is 7.10. The first-order chi connectivity index (χ1) is 14.2. The minimum atomic E-state index is -3.91. The molecule has 2 heterocycles. The van der Waals surface area contributed by atoms with E-state index in [4.69, 9.17) is 4.74 Å². The first-order valence-corrected chi connectivity index (χ1v) is 11.7. The van der Waals surface area contributed by atoms with Crippen LogP contribution in [0.4, 0.5) is 0 Å². The van der Waals surface area contributed by atoms with Crippen molar-refractivity contribution < 1.29 is 17.9 Å². The van der Waals surface area contributed by atoms with Crippen LogP contribution in [0.1, 0.15) is 47.1 Å². The maximum absolute atomic E-state index is 13.3. The van der Waals surface area contributed by atoms with Crippen molar-refractivity contribution in [2.75, 3.05) is 20.2 Å². The second-order valence-corrected chi connectivity index (χ2v) is 9.75. The zero-order valence-corrected chi connectivity index (χ0v) is 19.2. The van der Waals surface area contributed by atoms with Crippen LogP contribution in [0.15, 0.2) is 29.2 Å². The Labute approximate surface area is 179 Å². The summed E-state index contributed by atoms with van der Waals surface area (Å²) >= 11 is 0. The van der Waals surface area contributed by atoms with E-state index in [1.165, 1.54) is 0 Å². The number of amides is 1. The zero-order chi connectivity index (χ0) is 22.1. The van der Waals surface area contributed by atoms with Gasteiger partial charge in [-0.05, 0) is 38.7 Å². The normalized spacial score (nSPS) is 15.4. The van der Waals surface area contributed by atoms with E-state index in [1.807, 2.05) is 18.2 Å². The summed E-state index contributed by atoms with van der Waals surface area (Å²) in [5, 5.41) is 0. The van der Waals surface area contributed by atoms with Crippen molar-refractivity contribution >= 4 is 15.9 Å². The highest BCUT2D eigenvalue weighted by Gasteiger charge is 2.33. The smallest absolute Gasteiger partial charge is 0.257 e. The third-order valence-electron chi connectivity index (χ3n) is 6.12. The maximum Gasteiger partial charge on any atom is 0.257 e. The van der Waals surface area contributed by atoms with Crippen LogP contribution in [0.2, 0.25) is 0 Å². The molecule has 3 rings (SSSR count). The summed E-state index contributed by atoms with van der Waals surface area (Å²) in [5.41, 5.74) is 2.21. The summed E-state index contributed by atoms with van der Waals surface area (Å²) < 4.78 is 36.4. The molecule has 0 bridgehead atoms. The number of carbonyl (C=O) groups is 1. The number of carbonyl (C=O) groups excluding carboxylic acids is 1. The number of nitrogens with one attached hydrogen (secondary N) is 1. The SMILES string of the molecule is COc1ccccc1CNS(=O)(=O)c1c(C(=O)N2CCC(C)CC2)c(C)n(C)c1C. The van der Waals surface area contributed by atoms with E-state index in [2.05, 4.69) is 11.6 Å². The Morgan fingerprint density at radius 3 is 2.43 bits per heavy atom. The van der Waals surface area contributed by atoms with E-state index >= 15 is 0 Å². The van der Waals surface area contributed by atoms with Crippen molar-refractivity contribution in [1.29, 1.82) is 0 Å². The fraction of sp³-hybridized carbons (Fsp3) is 0.500. The monoisotopic (exact) mass is 433 g/mol. The lowest BCUT2D eigenvalue weighted by Gasteiger charge is -2.30. The molecule has 0 spiro atoms. The molecule has 30 heavy (non-hydrogen) atoms. The highest BCUT2D eigenvalue weighted by atomic mass is 32.2. The van der Waals surface area contributed by atoms with E-state index in [-0.39, 0.29) is 22.9 Å². The lowest BCUT2D eigenvalue weighted by Crippen LogP contribution is -2.39.